The van der Waals surface area contributed by atoms with Gasteiger partial charge in [0.25, 0.3) is 15.9 Å². The van der Waals surface area contributed by atoms with Crippen LogP contribution in [0.3, 0.4) is 0 Å². The first kappa shape index (κ1) is 32.4. The second-order valence-electron chi connectivity index (χ2n) is 9.78. The maximum absolute atomic E-state index is 12.6. The van der Waals surface area contributed by atoms with Crippen LogP contribution in [0.15, 0.2) is 112 Å². The summed E-state index contributed by atoms with van der Waals surface area (Å²) in [6, 6.07) is 29.4. The Bertz CT molecular complexity index is 1780. The third kappa shape index (κ3) is 8.55. The van der Waals surface area contributed by atoms with Gasteiger partial charge in [0.15, 0.2) is 0 Å². The Morgan fingerprint density at radius 3 is 2.05 bits per heavy atom. The van der Waals surface area contributed by atoms with Gasteiger partial charge in [0.2, 0.25) is 5.91 Å². The molecule has 0 atom stereocenters. The second-order valence-corrected chi connectivity index (χ2v) is 12.6. The van der Waals surface area contributed by atoms with Crippen LogP contribution in [0.1, 0.15) is 22.3 Å². The normalized spacial score (nSPS) is 13.8. The van der Waals surface area contributed by atoms with Crippen molar-refractivity contribution in [3.05, 3.63) is 124 Å². The molecule has 43 heavy (non-hydrogen) atoms. The summed E-state index contributed by atoms with van der Waals surface area (Å²) in [6.07, 6.45) is 2.23. The summed E-state index contributed by atoms with van der Waals surface area (Å²) >= 11 is 1.35. The molecule has 0 spiro atoms. The number of ether oxygens (including phenoxy) is 1. The SMILES string of the molecule is COc1ccc(-c2ccc(C=C3SC(Cc4ccc(CC(=O)NS(=O)(=O)c5ccc(C)cc5)cc4)=NC3=O)cc2)cc1.[Na]. The molecule has 0 unspecified atom stereocenters. The van der Waals surface area contributed by atoms with Crippen molar-refractivity contribution in [1.29, 1.82) is 0 Å². The van der Waals surface area contributed by atoms with Gasteiger partial charge >= 0.3 is 0 Å². The minimum atomic E-state index is -3.93. The van der Waals surface area contributed by atoms with Crippen LogP contribution < -0.4 is 9.46 Å². The van der Waals surface area contributed by atoms with E-state index in [-0.39, 0.29) is 46.8 Å². The van der Waals surface area contributed by atoms with E-state index >= 15 is 0 Å². The molecule has 0 fully saturated rings. The largest absolute Gasteiger partial charge is 0.497 e. The van der Waals surface area contributed by atoms with Gasteiger partial charge in [-0.05, 0) is 65.1 Å². The topological polar surface area (TPSA) is 102 Å². The van der Waals surface area contributed by atoms with E-state index in [1.54, 1.807) is 31.4 Å². The van der Waals surface area contributed by atoms with Crippen molar-refractivity contribution < 1.29 is 22.7 Å². The number of hydrogen-bond donors (Lipinski definition) is 1. The minimum Gasteiger partial charge on any atom is -0.497 e. The van der Waals surface area contributed by atoms with Gasteiger partial charge in [-0.25, -0.2) is 18.1 Å². The van der Waals surface area contributed by atoms with E-state index in [4.69, 9.17) is 4.74 Å². The molecule has 0 bridgehead atoms. The zero-order valence-electron chi connectivity index (χ0n) is 24.0. The Hall–Kier alpha value is -3.47. The standard InChI is InChI=1S/C33H28N2O5S2.Na/c1-22-3-17-29(18-4-22)42(38,39)35-31(36)20-24-5-7-25(8-6-24)21-32-34-33(37)30(41-32)19-23-9-11-26(12-10-23)27-13-15-28(40-2)16-14-27;/h3-19H,20-21H2,1-2H3,(H,35,36);. The van der Waals surface area contributed by atoms with E-state index in [1.165, 1.54) is 23.9 Å². The third-order valence-corrected chi connectivity index (χ3v) is 8.99. The molecule has 7 nitrogen and oxygen atoms in total. The summed E-state index contributed by atoms with van der Waals surface area (Å²) in [5.74, 6) is -0.0769. The number of aliphatic imine (C=N–C) groups is 1. The van der Waals surface area contributed by atoms with Crippen molar-refractivity contribution in [2.75, 3.05) is 7.11 Å². The van der Waals surface area contributed by atoms with Crippen LogP contribution in [-0.2, 0) is 32.5 Å². The third-order valence-electron chi connectivity index (χ3n) is 6.62. The van der Waals surface area contributed by atoms with Crippen LogP contribution in [0.4, 0.5) is 0 Å². The summed E-state index contributed by atoms with van der Waals surface area (Å²) in [5.41, 5.74) is 5.57. The van der Waals surface area contributed by atoms with Gasteiger partial charge < -0.3 is 4.74 Å². The molecule has 1 aliphatic heterocycles. The van der Waals surface area contributed by atoms with Crippen molar-refractivity contribution in [1.82, 2.24) is 4.72 Å². The van der Waals surface area contributed by atoms with E-state index in [0.717, 1.165) is 33.6 Å². The van der Waals surface area contributed by atoms with Crippen LogP contribution in [-0.4, -0.2) is 61.9 Å². The molecule has 1 aliphatic rings. The number of amides is 2. The fraction of sp³-hybridized carbons (Fsp3) is 0.121. The molecule has 5 rings (SSSR count). The van der Waals surface area contributed by atoms with E-state index in [1.807, 2.05) is 73.7 Å². The van der Waals surface area contributed by atoms with Gasteiger partial charge in [0.1, 0.15) is 5.75 Å². The predicted octanol–water partition coefficient (Wildman–Crippen LogP) is 5.59. The molecular weight excluding hydrogens is 591 g/mol. The van der Waals surface area contributed by atoms with Crippen molar-refractivity contribution in [3.8, 4) is 16.9 Å². The quantitative estimate of drug-likeness (QED) is 0.194. The Kier molecular flexibility index (Phi) is 10.8. The zero-order chi connectivity index (χ0) is 29.7. The van der Waals surface area contributed by atoms with Gasteiger partial charge in [-0.3, -0.25) is 9.59 Å². The molecule has 213 valence electrons. The number of methoxy groups -OCH3 is 1. The van der Waals surface area contributed by atoms with Gasteiger partial charge in [-0.1, -0.05) is 90.1 Å². The van der Waals surface area contributed by atoms with Gasteiger partial charge in [0, 0.05) is 36.0 Å². The van der Waals surface area contributed by atoms with Gasteiger partial charge in [0.05, 0.1) is 28.4 Å². The Balaban J connectivity index is 0.00000423. The molecule has 1 heterocycles. The first-order chi connectivity index (χ1) is 20.2. The summed E-state index contributed by atoms with van der Waals surface area (Å²) in [6.45, 7) is 1.86. The summed E-state index contributed by atoms with van der Waals surface area (Å²) < 4.78 is 32.3. The Morgan fingerprint density at radius 1 is 0.860 bits per heavy atom. The number of nitrogens with zero attached hydrogens (tertiary/aromatic N) is 1. The van der Waals surface area contributed by atoms with Crippen LogP contribution in [0.2, 0.25) is 0 Å². The molecule has 0 saturated heterocycles. The van der Waals surface area contributed by atoms with Crippen LogP contribution >= 0.6 is 11.8 Å². The second kappa shape index (κ2) is 14.3. The number of benzene rings is 4. The summed E-state index contributed by atoms with van der Waals surface area (Å²) in [7, 11) is -2.29. The number of sulfonamides is 1. The molecule has 1 N–H and O–H groups in total. The first-order valence-electron chi connectivity index (χ1n) is 13.1. The average Bonchev–Trinajstić information content (AvgIpc) is 3.32. The van der Waals surface area contributed by atoms with Gasteiger partial charge in [-0.2, -0.15) is 0 Å². The monoisotopic (exact) mass is 619 g/mol. The molecule has 2 amide bonds. The molecule has 0 saturated carbocycles. The maximum Gasteiger partial charge on any atom is 0.284 e. The van der Waals surface area contributed by atoms with Crippen LogP contribution in [0.25, 0.3) is 17.2 Å². The minimum absolute atomic E-state index is 0. The smallest absolute Gasteiger partial charge is 0.284 e. The zero-order valence-corrected chi connectivity index (χ0v) is 27.7. The van der Waals surface area contributed by atoms with Crippen molar-refractivity contribution in [2.45, 2.75) is 24.7 Å². The average molecular weight is 620 g/mol. The molecule has 0 aromatic heterocycles. The Morgan fingerprint density at radius 2 is 1.44 bits per heavy atom. The number of carbonyl (C=O) groups excluding carboxylic acids is 2. The van der Waals surface area contributed by atoms with Crippen LogP contribution in [0.5, 0.6) is 5.75 Å². The number of nitrogens with one attached hydrogen (secondary N) is 1. The van der Waals surface area contributed by atoms with E-state index in [9.17, 15) is 18.0 Å². The number of rotatable bonds is 9. The fourth-order valence-corrected chi connectivity index (χ4v) is 6.27. The number of thioether (sulfide) groups is 1. The summed E-state index contributed by atoms with van der Waals surface area (Å²) in [4.78, 5) is 29.8. The number of aryl methyl sites for hydroxylation is 1. The molecule has 4 aromatic rings. The molecule has 4 aromatic carbocycles. The number of carbonyl (C=O) groups is 2. The fourth-order valence-electron chi connectivity index (χ4n) is 4.33. The van der Waals surface area contributed by atoms with Crippen LogP contribution in [0, 0.1) is 6.92 Å². The molecule has 10 heteroatoms. The maximum atomic E-state index is 12.6. The van der Waals surface area contributed by atoms with Gasteiger partial charge in [-0.15, -0.1) is 0 Å². The van der Waals surface area contributed by atoms with Crippen molar-refractivity contribution in [2.24, 2.45) is 4.99 Å². The van der Waals surface area contributed by atoms with Crippen molar-refractivity contribution >= 4 is 74.3 Å². The van der Waals surface area contributed by atoms with E-state index in [0.29, 0.717) is 21.9 Å². The first-order valence-corrected chi connectivity index (χ1v) is 15.4. The summed E-state index contributed by atoms with van der Waals surface area (Å²) in [5, 5.41) is 0.691. The Labute approximate surface area is 277 Å². The van der Waals surface area contributed by atoms with E-state index < -0.39 is 15.9 Å². The van der Waals surface area contributed by atoms with Crippen molar-refractivity contribution in [3.63, 3.8) is 0 Å². The predicted molar refractivity (Wildman–Crippen MR) is 173 cm³/mol. The molecular formula is C33H28N2NaO5S2. The van der Waals surface area contributed by atoms with E-state index in [2.05, 4.69) is 9.71 Å². The molecule has 0 aliphatic carbocycles. The number of hydrogen-bond acceptors (Lipinski definition) is 6. The molecule has 1 radical (unpaired) electrons.